The molecule has 0 aliphatic carbocycles. The first-order valence-electron chi connectivity index (χ1n) is 7.16. The highest BCUT2D eigenvalue weighted by atomic mass is 19.1. The number of anilines is 1. The van der Waals surface area contributed by atoms with Gasteiger partial charge in [-0.05, 0) is 64.4 Å². The number of nitrogens with zero attached hydrogens (tertiary/aromatic N) is 1. The Hall–Kier alpha value is -1.09. The fourth-order valence-electron chi connectivity index (χ4n) is 2.33. The highest BCUT2D eigenvalue weighted by Crippen LogP contribution is 2.30. The average molecular weight is 266 g/mol. The molecule has 0 aromatic heterocycles. The second-order valence-electron chi connectivity index (χ2n) is 5.46. The van der Waals surface area contributed by atoms with Gasteiger partial charge in [0.1, 0.15) is 5.82 Å². The fourth-order valence-corrected chi connectivity index (χ4v) is 2.33. The molecule has 1 atom stereocenters. The first kappa shape index (κ1) is 16.0. The molecule has 19 heavy (non-hydrogen) atoms. The topological polar surface area (TPSA) is 15.3 Å². The quantitative estimate of drug-likeness (QED) is 0.836. The van der Waals surface area contributed by atoms with Crippen LogP contribution in [0.15, 0.2) is 12.1 Å². The number of hydrogen-bond acceptors (Lipinski definition) is 2. The Bertz CT molecular complexity index is 415. The van der Waals surface area contributed by atoms with Gasteiger partial charge < -0.3 is 10.2 Å². The van der Waals surface area contributed by atoms with E-state index in [1.165, 1.54) is 0 Å². The van der Waals surface area contributed by atoms with Crippen LogP contribution in [0.5, 0.6) is 0 Å². The summed E-state index contributed by atoms with van der Waals surface area (Å²) in [6, 6.07) is 4.21. The maximum absolute atomic E-state index is 13.9. The van der Waals surface area contributed by atoms with E-state index in [0.717, 1.165) is 24.2 Å². The van der Waals surface area contributed by atoms with E-state index in [4.69, 9.17) is 0 Å². The van der Waals surface area contributed by atoms with Crippen LogP contribution in [-0.4, -0.2) is 19.6 Å². The molecule has 1 N–H and O–H groups in total. The van der Waals surface area contributed by atoms with Gasteiger partial charge in [0.15, 0.2) is 0 Å². The van der Waals surface area contributed by atoms with Crippen molar-refractivity contribution in [2.24, 2.45) is 0 Å². The van der Waals surface area contributed by atoms with E-state index < -0.39 is 0 Å². The molecule has 2 nitrogen and oxygen atoms in total. The van der Waals surface area contributed by atoms with E-state index >= 15 is 0 Å². The van der Waals surface area contributed by atoms with Crippen molar-refractivity contribution in [3.63, 3.8) is 0 Å². The minimum absolute atomic E-state index is 0.124. The van der Waals surface area contributed by atoms with Crippen LogP contribution in [-0.2, 0) is 0 Å². The van der Waals surface area contributed by atoms with Gasteiger partial charge in [-0.3, -0.25) is 0 Å². The van der Waals surface area contributed by atoms with E-state index in [9.17, 15) is 4.39 Å². The SMILES string of the molecule is CCCN(c1cc(C)c(F)cc1C(C)NC)C(C)C. The highest BCUT2D eigenvalue weighted by molar-refractivity contribution is 5.57. The standard InChI is InChI=1S/C16H27FN2/c1-7-8-19(11(2)3)16-9-12(4)15(17)10-14(16)13(5)18-6/h9-11,13,18H,7-8H2,1-6H3. The fraction of sp³-hybridized carbons (Fsp3) is 0.625. The summed E-state index contributed by atoms with van der Waals surface area (Å²) >= 11 is 0. The molecule has 0 saturated heterocycles. The predicted octanol–water partition coefficient (Wildman–Crippen LogP) is 4.04. The Kier molecular flexibility index (Phi) is 5.80. The summed E-state index contributed by atoms with van der Waals surface area (Å²) in [5, 5.41) is 3.21. The van der Waals surface area contributed by atoms with Crippen molar-refractivity contribution in [1.29, 1.82) is 0 Å². The minimum atomic E-state index is -0.124. The van der Waals surface area contributed by atoms with E-state index in [2.05, 4.69) is 37.9 Å². The van der Waals surface area contributed by atoms with Crippen molar-refractivity contribution in [3.05, 3.63) is 29.1 Å². The number of aryl methyl sites for hydroxylation is 1. The Balaban J connectivity index is 3.32. The molecule has 1 aromatic carbocycles. The van der Waals surface area contributed by atoms with E-state index in [0.29, 0.717) is 11.6 Å². The smallest absolute Gasteiger partial charge is 0.126 e. The van der Waals surface area contributed by atoms with E-state index in [-0.39, 0.29) is 11.9 Å². The summed E-state index contributed by atoms with van der Waals surface area (Å²) in [5.41, 5.74) is 2.90. The molecule has 0 amide bonds. The Morgan fingerprint density at radius 3 is 2.37 bits per heavy atom. The van der Waals surface area contributed by atoms with E-state index in [1.54, 1.807) is 6.07 Å². The van der Waals surface area contributed by atoms with Gasteiger partial charge in [-0.1, -0.05) is 6.92 Å². The zero-order valence-corrected chi connectivity index (χ0v) is 13.0. The third-order valence-electron chi connectivity index (χ3n) is 3.60. The summed E-state index contributed by atoms with van der Waals surface area (Å²) < 4.78 is 13.9. The van der Waals surface area contributed by atoms with Crippen molar-refractivity contribution >= 4 is 5.69 Å². The summed E-state index contributed by atoms with van der Waals surface area (Å²) in [6.07, 6.45) is 1.09. The summed E-state index contributed by atoms with van der Waals surface area (Å²) in [6.45, 7) is 11.4. The van der Waals surface area contributed by atoms with Gasteiger partial charge in [0, 0.05) is 24.3 Å². The van der Waals surface area contributed by atoms with Gasteiger partial charge >= 0.3 is 0 Å². The van der Waals surface area contributed by atoms with Gasteiger partial charge in [0.2, 0.25) is 0 Å². The number of benzene rings is 1. The predicted molar refractivity (Wildman–Crippen MR) is 81.4 cm³/mol. The second kappa shape index (κ2) is 6.90. The molecular weight excluding hydrogens is 239 g/mol. The number of hydrogen-bond donors (Lipinski definition) is 1. The van der Waals surface area contributed by atoms with Crippen LogP contribution in [0.1, 0.15) is 51.3 Å². The number of rotatable bonds is 6. The first-order chi connectivity index (χ1) is 8.92. The third kappa shape index (κ3) is 3.69. The van der Waals surface area contributed by atoms with Gasteiger partial charge in [-0.2, -0.15) is 0 Å². The van der Waals surface area contributed by atoms with Gasteiger partial charge in [-0.15, -0.1) is 0 Å². The maximum atomic E-state index is 13.9. The number of nitrogens with one attached hydrogen (secondary N) is 1. The molecule has 0 spiro atoms. The molecule has 0 heterocycles. The Morgan fingerprint density at radius 2 is 1.89 bits per heavy atom. The Labute approximate surface area is 117 Å². The van der Waals surface area contributed by atoms with Crippen molar-refractivity contribution in [1.82, 2.24) is 5.32 Å². The molecular formula is C16H27FN2. The zero-order valence-electron chi connectivity index (χ0n) is 13.0. The molecule has 0 fully saturated rings. The largest absolute Gasteiger partial charge is 0.369 e. The van der Waals surface area contributed by atoms with Crippen LogP contribution in [0, 0.1) is 12.7 Å². The average Bonchev–Trinajstić information content (AvgIpc) is 2.37. The maximum Gasteiger partial charge on any atom is 0.126 e. The van der Waals surface area contributed by atoms with Crippen molar-refractivity contribution in [3.8, 4) is 0 Å². The lowest BCUT2D eigenvalue weighted by Crippen LogP contribution is -2.33. The van der Waals surface area contributed by atoms with Crippen LogP contribution in [0.2, 0.25) is 0 Å². The molecule has 0 aliphatic heterocycles. The molecule has 1 rings (SSSR count). The van der Waals surface area contributed by atoms with Gasteiger partial charge in [0.05, 0.1) is 0 Å². The lowest BCUT2D eigenvalue weighted by molar-refractivity contribution is 0.593. The number of halogens is 1. The molecule has 0 saturated carbocycles. The highest BCUT2D eigenvalue weighted by Gasteiger charge is 2.18. The monoisotopic (exact) mass is 266 g/mol. The van der Waals surface area contributed by atoms with Crippen LogP contribution in [0.3, 0.4) is 0 Å². The zero-order chi connectivity index (χ0) is 14.6. The van der Waals surface area contributed by atoms with Gasteiger partial charge in [0.25, 0.3) is 0 Å². The van der Waals surface area contributed by atoms with Crippen molar-refractivity contribution in [2.45, 2.75) is 53.1 Å². The lowest BCUT2D eigenvalue weighted by atomic mass is 10.0. The van der Waals surface area contributed by atoms with Crippen LogP contribution in [0.4, 0.5) is 10.1 Å². The lowest BCUT2D eigenvalue weighted by Gasteiger charge is -2.32. The summed E-state index contributed by atoms with van der Waals surface area (Å²) in [4.78, 5) is 2.36. The normalized spacial score (nSPS) is 12.8. The molecule has 0 aliphatic rings. The summed E-state index contributed by atoms with van der Waals surface area (Å²) in [7, 11) is 1.91. The van der Waals surface area contributed by atoms with Crippen LogP contribution >= 0.6 is 0 Å². The minimum Gasteiger partial charge on any atom is -0.369 e. The van der Waals surface area contributed by atoms with Crippen LogP contribution in [0.25, 0.3) is 0 Å². The van der Waals surface area contributed by atoms with Crippen molar-refractivity contribution in [2.75, 3.05) is 18.5 Å². The van der Waals surface area contributed by atoms with Crippen molar-refractivity contribution < 1.29 is 4.39 Å². The van der Waals surface area contributed by atoms with E-state index in [1.807, 2.05) is 20.0 Å². The molecule has 108 valence electrons. The van der Waals surface area contributed by atoms with Gasteiger partial charge in [-0.25, -0.2) is 4.39 Å². The molecule has 0 radical (unpaired) electrons. The molecule has 1 aromatic rings. The van der Waals surface area contributed by atoms with Crippen LogP contribution < -0.4 is 10.2 Å². The molecule has 1 unspecified atom stereocenters. The first-order valence-corrected chi connectivity index (χ1v) is 7.16. The Morgan fingerprint density at radius 1 is 1.26 bits per heavy atom. The molecule has 3 heteroatoms. The molecule has 0 bridgehead atoms. The summed E-state index contributed by atoms with van der Waals surface area (Å²) in [5.74, 6) is -0.124. The second-order valence-corrected chi connectivity index (χ2v) is 5.46. The third-order valence-corrected chi connectivity index (χ3v) is 3.60.